The van der Waals surface area contributed by atoms with Crippen LogP contribution in [0.4, 0.5) is 0 Å². The summed E-state index contributed by atoms with van der Waals surface area (Å²) in [6, 6.07) is 0.259. The lowest BCUT2D eigenvalue weighted by atomic mass is 9.78. The number of carbonyl (C=O) groups excluding carboxylic acids is 2. The van der Waals surface area contributed by atoms with Crippen LogP contribution in [-0.2, 0) is 9.59 Å². The Hall–Kier alpha value is -1.06. The molecule has 1 N–H and O–H groups in total. The molecule has 1 saturated carbocycles. The van der Waals surface area contributed by atoms with Crippen LogP contribution < -0.4 is 10.4 Å². The SMILES string of the molecule is C[C@@H]1[C@H](C)CCC[C@@H]1NC(=O)CCCC(=O)[O-]. The third-order valence-electron chi connectivity index (χ3n) is 3.84. The molecule has 0 aromatic heterocycles. The van der Waals surface area contributed by atoms with E-state index in [4.69, 9.17) is 0 Å². The normalized spacial score (nSPS) is 28.7. The first kappa shape index (κ1) is 14.0. The zero-order valence-electron chi connectivity index (χ0n) is 10.7. The minimum Gasteiger partial charge on any atom is -0.550 e. The molecule has 3 atom stereocenters. The summed E-state index contributed by atoms with van der Waals surface area (Å²) < 4.78 is 0. The first-order valence-electron chi connectivity index (χ1n) is 6.50. The van der Waals surface area contributed by atoms with E-state index in [-0.39, 0.29) is 24.8 Å². The molecule has 0 aromatic carbocycles. The fourth-order valence-electron chi connectivity index (χ4n) is 2.46. The van der Waals surface area contributed by atoms with Crippen molar-refractivity contribution < 1.29 is 14.7 Å². The van der Waals surface area contributed by atoms with Gasteiger partial charge in [0.15, 0.2) is 0 Å². The molecule has 1 aliphatic carbocycles. The molecule has 0 bridgehead atoms. The monoisotopic (exact) mass is 240 g/mol. The average molecular weight is 240 g/mol. The minimum atomic E-state index is -1.09. The number of carbonyl (C=O) groups is 2. The number of rotatable bonds is 5. The topological polar surface area (TPSA) is 69.2 Å². The maximum absolute atomic E-state index is 11.6. The van der Waals surface area contributed by atoms with Crippen LogP contribution in [0.5, 0.6) is 0 Å². The summed E-state index contributed by atoms with van der Waals surface area (Å²) in [4.78, 5) is 21.8. The van der Waals surface area contributed by atoms with Crippen LogP contribution in [0, 0.1) is 11.8 Å². The molecule has 0 heterocycles. The van der Waals surface area contributed by atoms with E-state index in [0.717, 1.165) is 12.8 Å². The van der Waals surface area contributed by atoms with Crippen molar-refractivity contribution in [1.29, 1.82) is 0 Å². The second-order valence-corrected chi connectivity index (χ2v) is 5.17. The lowest BCUT2D eigenvalue weighted by Crippen LogP contribution is -2.43. The molecule has 98 valence electrons. The van der Waals surface area contributed by atoms with Crippen molar-refractivity contribution in [3.63, 3.8) is 0 Å². The maximum atomic E-state index is 11.6. The van der Waals surface area contributed by atoms with Gasteiger partial charge in [0.2, 0.25) is 5.91 Å². The van der Waals surface area contributed by atoms with Gasteiger partial charge in [-0.15, -0.1) is 0 Å². The molecule has 1 aliphatic rings. The molecule has 4 nitrogen and oxygen atoms in total. The third kappa shape index (κ3) is 4.75. The van der Waals surface area contributed by atoms with Gasteiger partial charge in [0, 0.05) is 18.4 Å². The van der Waals surface area contributed by atoms with Gasteiger partial charge >= 0.3 is 0 Å². The number of carboxylic acid groups (broad SMARTS) is 1. The van der Waals surface area contributed by atoms with Gasteiger partial charge in [-0.3, -0.25) is 4.79 Å². The summed E-state index contributed by atoms with van der Waals surface area (Å²) in [5.41, 5.74) is 0. The predicted octanol–water partition coefficient (Wildman–Crippen LogP) is 0.847. The fraction of sp³-hybridized carbons (Fsp3) is 0.846. The Balaban J connectivity index is 2.27. The molecule has 0 aromatic rings. The average Bonchev–Trinajstić information content (AvgIpc) is 2.24. The van der Waals surface area contributed by atoms with E-state index in [9.17, 15) is 14.7 Å². The molecule has 0 aliphatic heterocycles. The summed E-state index contributed by atoms with van der Waals surface area (Å²) in [6.45, 7) is 4.40. The van der Waals surface area contributed by atoms with Crippen molar-refractivity contribution >= 4 is 11.9 Å². The Kier molecular flexibility index (Phi) is 5.45. The summed E-state index contributed by atoms with van der Waals surface area (Å²) in [7, 11) is 0. The second kappa shape index (κ2) is 6.62. The predicted molar refractivity (Wildman–Crippen MR) is 63.0 cm³/mol. The van der Waals surface area contributed by atoms with Gasteiger partial charge < -0.3 is 15.2 Å². The van der Waals surface area contributed by atoms with Crippen molar-refractivity contribution in [3.05, 3.63) is 0 Å². The highest BCUT2D eigenvalue weighted by molar-refractivity contribution is 5.76. The Morgan fingerprint density at radius 2 is 1.94 bits per heavy atom. The van der Waals surface area contributed by atoms with Crippen molar-refractivity contribution in [2.24, 2.45) is 11.8 Å². The number of hydrogen-bond acceptors (Lipinski definition) is 3. The molecule has 1 amide bonds. The Labute approximate surface area is 103 Å². The molecule has 4 heteroatoms. The smallest absolute Gasteiger partial charge is 0.220 e. The molecule has 1 fully saturated rings. The highest BCUT2D eigenvalue weighted by atomic mass is 16.4. The van der Waals surface area contributed by atoms with Gasteiger partial charge in [0.1, 0.15) is 0 Å². The number of nitrogens with one attached hydrogen (secondary N) is 1. The van der Waals surface area contributed by atoms with Crippen LogP contribution in [0.2, 0.25) is 0 Å². The van der Waals surface area contributed by atoms with Gasteiger partial charge in [-0.1, -0.05) is 26.7 Å². The molecule has 17 heavy (non-hydrogen) atoms. The number of aliphatic carboxylic acids is 1. The molecule has 0 radical (unpaired) electrons. The Morgan fingerprint density at radius 1 is 1.24 bits per heavy atom. The second-order valence-electron chi connectivity index (χ2n) is 5.17. The summed E-state index contributed by atoms with van der Waals surface area (Å²) in [6.07, 6.45) is 4.05. The molecule has 0 unspecified atom stereocenters. The Bertz CT molecular complexity index is 278. The standard InChI is InChI=1S/C13H23NO3/c1-9-5-3-6-11(10(9)2)14-12(15)7-4-8-13(16)17/h9-11H,3-8H2,1-2H3,(H,14,15)(H,16,17)/p-1/t9-,10-,11+/m1/s1. The first-order chi connectivity index (χ1) is 8.00. The van der Waals surface area contributed by atoms with Crippen LogP contribution in [0.3, 0.4) is 0 Å². The third-order valence-corrected chi connectivity index (χ3v) is 3.84. The van der Waals surface area contributed by atoms with Crippen LogP contribution >= 0.6 is 0 Å². The van der Waals surface area contributed by atoms with E-state index in [0.29, 0.717) is 18.3 Å². The van der Waals surface area contributed by atoms with Gasteiger partial charge in [-0.25, -0.2) is 0 Å². The van der Waals surface area contributed by atoms with Crippen LogP contribution in [0.1, 0.15) is 52.4 Å². The van der Waals surface area contributed by atoms with Gasteiger partial charge in [-0.2, -0.15) is 0 Å². The first-order valence-corrected chi connectivity index (χ1v) is 6.50. The van der Waals surface area contributed by atoms with Crippen LogP contribution in [0.25, 0.3) is 0 Å². The number of carboxylic acids is 1. The molecular weight excluding hydrogens is 218 g/mol. The molecular formula is C13H22NO3-. The molecule has 1 rings (SSSR count). The summed E-state index contributed by atoms with van der Waals surface area (Å²) in [5.74, 6) is 0.0424. The maximum Gasteiger partial charge on any atom is 0.220 e. The van der Waals surface area contributed by atoms with E-state index >= 15 is 0 Å². The quantitative estimate of drug-likeness (QED) is 0.774. The van der Waals surface area contributed by atoms with E-state index in [1.807, 2.05) is 0 Å². The zero-order valence-corrected chi connectivity index (χ0v) is 10.7. The van der Waals surface area contributed by atoms with Crippen LogP contribution in [0.15, 0.2) is 0 Å². The highest BCUT2D eigenvalue weighted by Gasteiger charge is 2.27. The van der Waals surface area contributed by atoms with Gasteiger partial charge in [-0.05, 0) is 31.1 Å². The lowest BCUT2D eigenvalue weighted by molar-refractivity contribution is -0.305. The summed E-state index contributed by atoms with van der Waals surface area (Å²) >= 11 is 0. The van der Waals surface area contributed by atoms with Crippen molar-refractivity contribution in [2.75, 3.05) is 0 Å². The van der Waals surface area contributed by atoms with Gasteiger partial charge in [0.05, 0.1) is 0 Å². The Morgan fingerprint density at radius 3 is 2.59 bits per heavy atom. The number of amides is 1. The van der Waals surface area contributed by atoms with Crippen molar-refractivity contribution in [2.45, 2.75) is 58.4 Å². The van der Waals surface area contributed by atoms with Crippen LogP contribution in [-0.4, -0.2) is 17.9 Å². The van der Waals surface area contributed by atoms with E-state index < -0.39 is 5.97 Å². The highest BCUT2D eigenvalue weighted by Crippen LogP contribution is 2.29. The largest absolute Gasteiger partial charge is 0.550 e. The minimum absolute atomic E-state index is 0.0304. The molecule has 0 spiro atoms. The summed E-state index contributed by atoms with van der Waals surface area (Å²) in [5, 5.41) is 13.2. The fourth-order valence-corrected chi connectivity index (χ4v) is 2.46. The van der Waals surface area contributed by atoms with E-state index in [1.165, 1.54) is 6.42 Å². The van der Waals surface area contributed by atoms with E-state index in [2.05, 4.69) is 19.2 Å². The lowest BCUT2D eigenvalue weighted by Gasteiger charge is -2.34. The van der Waals surface area contributed by atoms with Crippen molar-refractivity contribution in [1.82, 2.24) is 5.32 Å². The molecule has 0 saturated heterocycles. The zero-order chi connectivity index (χ0) is 12.8. The number of hydrogen-bond donors (Lipinski definition) is 1. The van der Waals surface area contributed by atoms with Crippen molar-refractivity contribution in [3.8, 4) is 0 Å². The van der Waals surface area contributed by atoms with E-state index in [1.54, 1.807) is 0 Å². The van der Waals surface area contributed by atoms with Gasteiger partial charge in [0.25, 0.3) is 0 Å².